The Hall–Kier alpha value is -2.01. The molecule has 0 saturated heterocycles. The van der Waals surface area contributed by atoms with Crippen LogP contribution in [0.4, 0.5) is 5.82 Å². The average Bonchev–Trinajstić information content (AvgIpc) is 2.71. The zero-order valence-corrected chi connectivity index (χ0v) is 10.3. The van der Waals surface area contributed by atoms with Gasteiger partial charge >= 0.3 is 0 Å². The van der Waals surface area contributed by atoms with E-state index in [-0.39, 0.29) is 6.61 Å². The van der Waals surface area contributed by atoms with Crippen molar-refractivity contribution in [2.24, 2.45) is 0 Å². The number of rotatable bonds is 5. The van der Waals surface area contributed by atoms with Crippen LogP contribution < -0.4 is 10.5 Å². The number of hydrogen-bond donors (Lipinski definition) is 2. The van der Waals surface area contributed by atoms with Gasteiger partial charge in [-0.2, -0.15) is 5.10 Å². The van der Waals surface area contributed by atoms with Crippen molar-refractivity contribution in [1.82, 2.24) is 9.78 Å². The van der Waals surface area contributed by atoms with Crippen molar-refractivity contribution >= 4 is 5.82 Å². The van der Waals surface area contributed by atoms with E-state index in [1.807, 2.05) is 30.3 Å². The van der Waals surface area contributed by atoms with Crippen LogP contribution in [0.3, 0.4) is 0 Å². The van der Waals surface area contributed by atoms with Crippen LogP contribution in [-0.2, 0) is 13.0 Å². The number of hydrogen-bond acceptors (Lipinski definition) is 4. The van der Waals surface area contributed by atoms with Crippen molar-refractivity contribution < 1.29 is 9.84 Å². The predicted octanol–water partition coefficient (Wildman–Crippen LogP) is 1.06. The van der Waals surface area contributed by atoms with Crippen LogP contribution in [0.5, 0.6) is 5.75 Å². The van der Waals surface area contributed by atoms with E-state index in [1.165, 1.54) is 0 Å². The van der Waals surface area contributed by atoms with Crippen molar-refractivity contribution in [3.8, 4) is 5.75 Å². The molecule has 2 rings (SSSR count). The highest BCUT2D eigenvalue weighted by atomic mass is 16.5. The minimum absolute atomic E-state index is 0.0356. The van der Waals surface area contributed by atoms with E-state index in [0.717, 1.165) is 17.0 Å². The molecule has 0 saturated carbocycles. The topological polar surface area (TPSA) is 73.3 Å². The van der Waals surface area contributed by atoms with Gasteiger partial charge in [-0.3, -0.25) is 0 Å². The standard InChI is InChI=1S/C13H17N3O2/c1-18-12-4-2-10(3-5-12)8-11-9-13(14)16(15-11)6-7-17/h2-5,9,17H,6-8,14H2,1H3. The molecule has 0 aliphatic heterocycles. The summed E-state index contributed by atoms with van der Waals surface area (Å²) in [5.41, 5.74) is 7.83. The fraction of sp³-hybridized carbons (Fsp3) is 0.308. The van der Waals surface area contributed by atoms with Crippen molar-refractivity contribution in [2.45, 2.75) is 13.0 Å². The number of aliphatic hydroxyl groups excluding tert-OH is 1. The molecule has 96 valence electrons. The number of benzene rings is 1. The molecule has 3 N–H and O–H groups in total. The van der Waals surface area contributed by atoms with Crippen molar-refractivity contribution in [2.75, 3.05) is 19.5 Å². The molecule has 18 heavy (non-hydrogen) atoms. The van der Waals surface area contributed by atoms with Crippen LogP contribution in [0, 0.1) is 0 Å². The van der Waals surface area contributed by atoms with Crippen molar-refractivity contribution in [1.29, 1.82) is 0 Å². The molecule has 1 aromatic carbocycles. The zero-order valence-electron chi connectivity index (χ0n) is 10.3. The Labute approximate surface area is 106 Å². The third-order valence-electron chi connectivity index (χ3n) is 2.72. The van der Waals surface area contributed by atoms with Gasteiger partial charge in [0.25, 0.3) is 0 Å². The lowest BCUT2D eigenvalue weighted by molar-refractivity contribution is 0.270. The summed E-state index contributed by atoms with van der Waals surface area (Å²) in [6.45, 7) is 0.461. The first-order chi connectivity index (χ1) is 8.72. The van der Waals surface area contributed by atoms with Gasteiger partial charge in [0.1, 0.15) is 11.6 Å². The third-order valence-corrected chi connectivity index (χ3v) is 2.72. The quantitative estimate of drug-likeness (QED) is 0.828. The second-order valence-corrected chi connectivity index (χ2v) is 4.03. The van der Waals surface area contributed by atoms with Gasteiger partial charge in [0.05, 0.1) is 26.0 Å². The van der Waals surface area contributed by atoms with Gasteiger partial charge in [-0.25, -0.2) is 4.68 Å². The maximum absolute atomic E-state index is 8.87. The first-order valence-electron chi connectivity index (χ1n) is 5.79. The van der Waals surface area contributed by atoms with Gasteiger partial charge in [0.15, 0.2) is 0 Å². The van der Waals surface area contributed by atoms with Crippen molar-refractivity contribution in [3.63, 3.8) is 0 Å². The number of ether oxygens (including phenoxy) is 1. The van der Waals surface area contributed by atoms with Crippen LogP contribution in [0.15, 0.2) is 30.3 Å². The minimum Gasteiger partial charge on any atom is -0.497 e. The van der Waals surface area contributed by atoms with Crippen molar-refractivity contribution in [3.05, 3.63) is 41.6 Å². The molecule has 0 radical (unpaired) electrons. The lowest BCUT2D eigenvalue weighted by Gasteiger charge is -2.02. The molecule has 0 unspecified atom stereocenters. The van der Waals surface area contributed by atoms with E-state index >= 15 is 0 Å². The molecule has 2 aromatic rings. The zero-order chi connectivity index (χ0) is 13.0. The second-order valence-electron chi connectivity index (χ2n) is 4.03. The molecule has 0 aliphatic carbocycles. The highest BCUT2D eigenvalue weighted by Gasteiger charge is 2.05. The molecule has 0 bridgehead atoms. The van der Waals surface area contributed by atoms with Gasteiger partial charge in [-0.05, 0) is 17.7 Å². The van der Waals surface area contributed by atoms with Crippen LogP contribution >= 0.6 is 0 Å². The average molecular weight is 247 g/mol. The molecule has 1 heterocycles. The molecule has 1 aromatic heterocycles. The van der Waals surface area contributed by atoms with Crippen LogP contribution in [-0.4, -0.2) is 28.6 Å². The van der Waals surface area contributed by atoms with Gasteiger partial charge < -0.3 is 15.6 Å². The summed E-state index contributed by atoms with van der Waals surface area (Å²) in [4.78, 5) is 0. The lowest BCUT2D eigenvalue weighted by atomic mass is 10.1. The second kappa shape index (κ2) is 5.55. The fourth-order valence-corrected chi connectivity index (χ4v) is 1.80. The smallest absolute Gasteiger partial charge is 0.122 e. The van der Waals surface area contributed by atoms with Gasteiger partial charge in [0.2, 0.25) is 0 Å². The SMILES string of the molecule is COc1ccc(Cc2cc(N)n(CCO)n2)cc1. The Balaban J connectivity index is 2.10. The first-order valence-corrected chi connectivity index (χ1v) is 5.79. The summed E-state index contributed by atoms with van der Waals surface area (Å²) in [7, 11) is 1.65. The van der Waals surface area contributed by atoms with Gasteiger partial charge in [0, 0.05) is 12.5 Å². The molecule has 0 spiro atoms. The molecule has 0 fully saturated rings. The van der Waals surface area contributed by atoms with Gasteiger partial charge in [-0.15, -0.1) is 0 Å². The van der Waals surface area contributed by atoms with Crippen LogP contribution in [0.25, 0.3) is 0 Å². The predicted molar refractivity (Wildman–Crippen MR) is 69.5 cm³/mol. The molecule has 0 amide bonds. The summed E-state index contributed by atoms with van der Waals surface area (Å²) in [6, 6.07) is 9.67. The van der Waals surface area contributed by atoms with E-state index in [0.29, 0.717) is 18.8 Å². The molecule has 0 aliphatic rings. The van der Waals surface area contributed by atoms with E-state index in [9.17, 15) is 0 Å². The number of nitrogens with zero attached hydrogens (tertiary/aromatic N) is 2. The number of anilines is 1. The maximum atomic E-state index is 8.87. The molecular weight excluding hydrogens is 230 g/mol. The Morgan fingerprint density at radius 3 is 2.67 bits per heavy atom. The third kappa shape index (κ3) is 2.81. The summed E-state index contributed by atoms with van der Waals surface area (Å²) in [6.07, 6.45) is 0.715. The molecule has 0 atom stereocenters. The van der Waals surface area contributed by atoms with Crippen LogP contribution in [0.2, 0.25) is 0 Å². The van der Waals surface area contributed by atoms with E-state index in [1.54, 1.807) is 11.8 Å². The van der Waals surface area contributed by atoms with Gasteiger partial charge in [-0.1, -0.05) is 12.1 Å². The number of methoxy groups -OCH3 is 1. The largest absolute Gasteiger partial charge is 0.497 e. The molecular formula is C13H17N3O2. The number of nitrogens with two attached hydrogens (primary N) is 1. The minimum atomic E-state index is 0.0356. The van der Waals surface area contributed by atoms with Crippen LogP contribution in [0.1, 0.15) is 11.3 Å². The first kappa shape index (κ1) is 12.4. The summed E-state index contributed by atoms with van der Waals surface area (Å²) in [5.74, 6) is 1.41. The normalized spacial score (nSPS) is 10.6. The summed E-state index contributed by atoms with van der Waals surface area (Å²) in [5, 5.41) is 13.2. The number of aromatic nitrogens is 2. The lowest BCUT2D eigenvalue weighted by Crippen LogP contribution is -2.07. The monoisotopic (exact) mass is 247 g/mol. The Kier molecular flexibility index (Phi) is 3.84. The number of nitrogen functional groups attached to an aromatic ring is 1. The Morgan fingerprint density at radius 2 is 2.06 bits per heavy atom. The summed E-state index contributed by atoms with van der Waals surface area (Å²) >= 11 is 0. The fourth-order valence-electron chi connectivity index (χ4n) is 1.80. The molecule has 5 nitrogen and oxygen atoms in total. The van der Waals surface area contributed by atoms with E-state index in [2.05, 4.69) is 5.10 Å². The summed E-state index contributed by atoms with van der Waals surface area (Å²) < 4.78 is 6.72. The Morgan fingerprint density at radius 1 is 1.33 bits per heavy atom. The maximum Gasteiger partial charge on any atom is 0.122 e. The van der Waals surface area contributed by atoms with E-state index < -0.39 is 0 Å². The molecule has 5 heteroatoms. The van der Waals surface area contributed by atoms with E-state index in [4.69, 9.17) is 15.6 Å². The Bertz CT molecular complexity index is 505. The number of aliphatic hydroxyl groups is 1. The highest BCUT2D eigenvalue weighted by molar-refractivity contribution is 5.35. The highest BCUT2D eigenvalue weighted by Crippen LogP contribution is 2.15.